The van der Waals surface area contributed by atoms with Gasteiger partial charge < -0.3 is 10.6 Å². The van der Waals surface area contributed by atoms with Crippen LogP contribution in [0.1, 0.15) is 32.8 Å². The highest BCUT2D eigenvalue weighted by Gasteiger charge is 2.31. The third-order valence-electron chi connectivity index (χ3n) is 3.84. The molecular formula is C13H20N4S. The van der Waals surface area contributed by atoms with Crippen LogP contribution in [0.4, 0.5) is 5.82 Å². The quantitative estimate of drug-likeness (QED) is 0.828. The molecule has 0 bridgehead atoms. The first-order chi connectivity index (χ1) is 8.50. The Morgan fingerprint density at radius 2 is 2.17 bits per heavy atom. The molecular weight excluding hydrogens is 244 g/mol. The van der Waals surface area contributed by atoms with Crippen LogP contribution in [0, 0.1) is 11.8 Å². The molecule has 1 fully saturated rings. The number of aromatic nitrogens is 2. The molecule has 0 spiro atoms. The minimum atomic E-state index is 0.387. The molecule has 1 aromatic heterocycles. The largest absolute Gasteiger partial charge is 0.389 e. The minimum absolute atomic E-state index is 0.387. The number of nitrogens with two attached hydrogens (primary N) is 1. The number of rotatable bonds is 2. The Labute approximate surface area is 114 Å². The zero-order chi connectivity index (χ0) is 13.3. The molecule has 2 N–H and O–H groups in total. The molecule has 1 aromatic rings. The van der Waals surface area contributed by atoms with E-state index in [1.807, 2.05) is 6.07 Å². The molecule has 0 saturated carbocycles. The Kier molecular flexibility index (Phi) is 3.80. The van der Waals surface area contributed by atoms with Gasteiger partial charge in [-0.05, 0) is 31.2 Å². The average molecular weight is 264 g/mol. The fourth-order valence-electron chi connectivity index (χ4n) is 2.72. The van der Waals surface area contributed by atoms with Crippen molar-refractivity contribution in [1.82, 2.24) is 10.2 Å². The van der Waals surface area contributed by atoms with Gasteiger partial charge in [0.1, 0.15) is 4.99 Å². The summed E-state index contributed by atoms with van der Waals surface area (Å²) in [6.07, 6.45) is 2.89. The highest BCUT2D eigenvalue weighted by atomic mass is 32.1. The number of thiocarbonyl (C=S) groups is 1. The van der Waals surface area contributed by atoms with E-state index < -0.39 is 0 Å². The molecule has 0 aromatic carbocycles. The van der Waals surface area contributed by atoms with Crippen LogP contribution < -0.4 is 10.6 Å². The molecule has 3 unspecified atom stereocenters. The molecule has 2 rings (SSSR count). The van der Waals surface area contributed by atoms with Gasteiger partial charge in [0.2, 0.25) is 0 Å². The van der Waals surface area contributed by atoms with Crippen molar-refractivity contribution in [2.24, 2.45) is 17.6 Å². The van der Waals surface area contributed by atoms with Crippen molar-refractivity contribution in [2.45, 2.75) is 33.2 Å². The van der Waals surface area contributed by atoms with Gasteiger partial charge in [0.15, 0.2) is 5.82 Å². The summed E-state index contributed by atoms with van der Waals surface area (Å²) in [5.41, 5.74) is 6.60. The predicted octanol–water partition coefficient (Wildman–Crippen LogP) is 1.98. The van der Waals surface area contributed by atoms with Crippen LogP contribution >= 0.6 is 12.2 Å². The molecule has 1 aliphatic rings. The molecule has 3 atom stereocenters. The summed E-state index contributed by atoms with van der Waals surface area (Å²) < 4.78 is 0. The zero-order valence-corrected chi connectivity index (χ0v) is 11.9. The number of nitrogens with zero attached hydrogens (tertiary/aromatic N) is 3. The second kappa shape index (κ2) is 5.18. The summed E-state index contributed by atoms with van der Waals surface area (Å²) in [5.74, 6) is 2.11. The summed E-state index contributed by atoms with van der Waals surface area (Å²) in [7, 11) is 0. The number of hydrogen-bond acceptors (Lipinski definition) is 4. The SMILES string of the molecule is CC1CC(C)C(C)N(c2nnccc2C(N)=S)C1. The van der Waals surface area contributed by atoms with Crippen molar-refractivity contribution in [1.29, 1.82) is 0 Å². The molecule has 5 heteroatoms. The van der Waals surface area contributed by atoms with E-state index in [1.54, 1.807) is 6.20 Å². The normalized spacial score (nSPS) is 28.2. The first kappa shape index (κ1) is 13.2. The highest BCUT2D eigenvalue weighted by molar-refractivity contribution is 7.80. The molecule has 18 heavy (non-hydrogen) atoms. The van der Waals surface area contributed by atoms with Crippen molar-refractivity contribution in [3.63, 3.8) is 0 Å². The van der Waals surface area contributed by atoms with E-state index in [1.165, 1.54) is 6.42 Å². The summed E-state index contributed by atoms with van der Waals surface area (Å²) in [5, 5.41) is 8.23. The Balaban J connectivity index is 2.38. The van der Waals surface area contributed by atoms with E-state index in [2.05, 4.69) is 35.9 Å². The number of piperidine rings is 1. The Morgan fingerprint density at radius 3 is 2.83 bits per heavy atom. The molecule has 1 saturated heterocycles. The summed E-state index contributed by atoms with van der Waals surface area (Å²) in [6.45, 7) is 7.77. The van der Waals surface area contributed by atoms with E-state index >= 15 is 0 Å². The molecule has 98 valence electrons. The van der Waals surface area contributed by atoms with Crippen LogP contribution in [-0.2, 0) is 0 Å². The molecule has 0 amide bonds. The zero-order valence-electron chi connectivity index (χ0n) is 11.1. The summed E-state index contributed by atoms with van der Waals surface area (Å²) >= 11 is 5.10. The Bertz CT molecular complexity index is 448. The number of anilines is 1. The van der Waals surface area contributed by atoms with Gasteiger partial charge in [0.05, 0.1) is 11.8 Å². The lowest BCUT2D eigenvalue weighted by molar-refractivity contribution is 0.295. The maximum Gasteiger partial charge on any atom is 0.161 e. The van der Waals surface area contributed by atoms with Gasteiger partial charge in [-0.25, -0.2) is 0 Å². The van der Waals surface area contributed by atoms with Gasteiger partial charge >= 0.3 is 0 Å². The van der Waals surface area contributed by atoms with Gasteiger partial charge in [-0.3, -0.25) is 0 Å². The van der Waals surface area contributed by atoms with E-state index in [0.29, 0.717) is 22.9 Å². The van der Waals surface area contributed by atoms with Crippen LogP contribution in [0.3, 0.4) is 0 Å². The van der Waals surface area contributed by atoms with Crippen molar-refractivity contribution < 1.29 is 0 Å². The third kappa shape index (κ3) is 2.46. The average Bonchev–Trinajstić information content (AvgIpc) is 2.33. The van der Waals surface area contributed by atoms with E-state index in [-0.39, 0.29) is 0 Å². The van der Waals surface area contributed by atoms with Crippen LogP contribution in [0.5, 0.6) is 0 Å². The lowest BCUT2D eigenvalue weighted by atomic mass is 9.86. The van der Waals surface area contributed by atoms with Gasteiger partial charge in [0, 0.05) is 12.6 Å². The molecule has 4 nitrogen and oxygen atoms in total. The van der Waals surface area contributed by atoms with Crippen LogP contribution in [0.25, 0.3) is 0 Å². The van der Waals surface area contributed by atoms with Gasteiger partial charge in [-0.2, -0.15) is 5.10 Å². The lowest BCUT2D eigenvalue weighted by Crippen LogP contribution is -2.47. The fourth-order valence-corrected chi connectivity index (χ4v) is 2.88. The summed E-state index contributed by atoms with van der Waals surface area (Å²) in [4.78, 5) is 2.68. The second-order valence-electron chi connectivity index (χ2n) is 5.34. The van der Waals surface area contributed by atoms with Crippen molar-refractivity contribution in [3.05, 3.63) is 17.8 Å². The fraction of sp³-hybridized carbons (Fsp3) is 0.615. The number of hydrogen-bond donors (Lipinski definition) is 1. The van der Waals surface area contributed by atoms with E-state index in [9.17, 15) is 0 Å². The van der Waals surface area contributed by atoms with Crippen LogP contribution in [-0.4, -0.2) is 27.8 Å². The smallest absolute Gasteiger partial charge is 0.161 e. The van der Waals surface area contributed by atoms with E-state index in [4.69, 9.17) is 18.0 Å². The topological polar surface area (TPSA) is 55.0 Å². The monoisotopic (exact) mass is 264 g/mol. The predicted molar refractivity (Wildman–Crippen MR) is 77.7 cm³/mol. The Morgan fingerprint density at radius 1 is 1.44 bits per heavy atom. The first-order valence-electron chi connectivity index (χ1n) is 6.38. The molecule has 0 aliphatic carbocycles. The first-order valence-corrected chi connectivity index (χ1v) is 6.79. The second-order valence-corrected chi connectivity index (χ2v) is 5.78. The van der Waals surface area contributed by atoms with Gasteiger partial charge in [-0.15, -0.1) is 5.10 Å². The Hall–Kier alpha value is -1.23. The highest BCUT2D eigenvalue weighted by Crippen LogP contribution is 2.31. The maximum atomic E-state index is 5.77. The van der Waals surface area contributed by atoms with E-state index in [0.717, 1.165) is 17.9 Å². The van der Waals surface area contributed by atoms with Gasteiger partial charge in [0.25, 0.3) is 0 Å². The molecule has 2 heterocycles. The molecule has 0 radical (unpaired) electrons. The standard InChI is InChI=1S/C13H20N4S/c1-8-6-9(2)10(3)17(7-8)13-11(12(14)18)4-5-15-16-13/h4-5,8-10H,6-7H2,1-3H3,(H2,14,18). The van der Waals surface area contributed by atoms with Crippen LogP contribution in [0.15, 0.2) is 12.3 Å². The maximum absolute atomic E-state index is 5.77. The lowest BCUT2D eigenvalue weighted by Gasteiger charge is -2.42. The van der Waals surface area contributed by atoms with Crippen molar-refractivity contribution in [3.8, 4) is 0 Å². The molecule has 1 aliphatic heterocycles. The minimum Gasteiger partial charge on any atom is -0.389 e. The van der Waals surface area contributed by atoms with Crippen molar-refractivity contribution >= 4 is 23.0 Å². The summed E-state index contributed by atoms with van der Waals surface area (Å²) in [6, 6.07) is 2.28. The van der Waals surface area contributed by atoms with Crippen molar-refractivity contribution in [2.75, 3.05) is 11.4 Å². The van der Waals surface area contributed by atoms with Gasteiger partial charge in [-0.1, -0.05) is 26.1 Å². The third-order valence-corrected chi connectivity index (χ3v) is 4.06. The van der Waals surface area contributed by atoms with Crippen LogP contribution in [0.2, 0.25) is 0 Å².